The van der Waals surface area contributed by atoms with Crippen molar-refractivity contribution in [2.24, 2.45) is 0 Å². The number of ether oxygens (including phenoxy) is 2. The number of nitrogens with zero attached hydrogens (tertiary/aromatic N) is 2. The van der Waals surface area contributed by atoms with Crippen LogP contribution in [0.3, 0.4) is 0 Å². The molecule has 0 atom stereocenters. The number of carbonyl (C=O) groups is 1. The summed E-state index contributed by atoms with van der Waals surface area (Å²) in [5.41, 5.74) is 0.653. The number of amides is 1. The lowest BCUT2D eigenvalue weighted by atomic mass is 10.2. The third kappa shape index (κ3) is 3.64. The molecule has 1 aliphatic heterocycles. The van der Waals surface area contributed by atoms with Gasteiger partial charge in [-0.3, -0.25) is 4.79 Å². The van der Waals surface area contributed by atoms with E-state index in [-0.39, 0.29) is 5.91 Å². The van der Waals surface area contributed by atoms with E-state index < -0.39 is 0 Å². The fourth-order valence-electron chi connectivity index (χ4n) is 2.29. The predicted octanol–water partition coefficient (Wildman–Crippen LogP) is 2.50. The number of morpholine rings is 1. The molecule has 1 saturated heterocycles. The van der Waals surface area contributed by atoms with E-state index in [0.29, 0.717) is 44.2 Å². The zero-order valence-corrected chi connectivity index (χ0v) is 13.3. The summed E-state index contributed by atoms with van der Waals surface area (Å²) < 4.78 is 11.0. The Labute approximate surface area is 133 Å². The molecule has 0 saturated carbocycles. The Balaban J connectivity index is 1.65. The van der Waals surface area contributed by atoms with Crippen LogP contribution in [0, 0.1) is 6.92 Å². The lowest BCUT2D eigenvalue weighted by Gasteiger charge is -2.26. The molecule has 2 heterocycles. The number of rotatable bonds is 4. The van der Waals surface area contributed by atoms with Crippen molar-refractivity contribution in [2.75, 3.05) is 26.3 Å². The molecule has 0 radical (unpaired) electrons. The molecule has 6 heteroatoms. The molecule has 0 aliphatic carbocycles. The SMILES string of the molecule is Cc1ncc(COc2cccc(C(=O)N3CCOCC3)c2)s1. The summed E-state index contributed by atoms with van der Waals surface area (Å²) in [5, 5.41) is 1.02. The number of hydrogen-bond donors (Lipinski definition) is 0. The second-order valence-corrected chi connectivity index (χ2v) is 6.39. The zero-order chi connectivity index (χ0) is 15.4. The molecule has 0 spiro atoms. The minimum absolute atomic E-state index is 0.0300. The molecule has 0 bridgehead atoms. The Kier molecular flexibility index (Phi) is 4.70. The molecule has 0 unspecified atom stereocenters. The van der Waals surface area contributed by atoms with E-state index in [9.17, 15) is 4.79 Å². The third-order valence-electron chi connectivity index (χ3n) is 3.43. The minimum atomic E-state index is 0.0300. The fourth-order valence-corrected chi connectivity index (χ4v) is 3.00. The van der Waals surface area contributed by atoms with Gasteiger partial charge in [-0.2, -0.15) is 0 Å². The summed E-state index contributed by atoms with van der Waals surface area (Å²) in [7, 11) is 0. The number of aromatic nitrogens is 1. The monoisotopic (exact) mass is 318 g/mol. The zero-order valence-electron chi connectivity index (χ0n) is 12.4. The summed E-state index contributed by atoms with van der Waals surface area (Å²) in [6.45, 7) is 4.93. The molecule has 1 fully saturated rings. The van der Waals surface area contributed by atoms with Gasteiger partial charge in [-0.15, -0.1) is 11.3 Å². The topological polar surface area (TPSA) is 51.7 Å². The molecular formula is C16H18N2O3S. The van der Waals surface area contributed by atoms with E-state index in [0.717, 1.165) is 9.88 Å². The summed E-state index contributed by atoms with van der Waals surface area (Å²) in [4.78, 5) is 19.5. The molecule has 1 aromatic heterocycles. The van der Waals surface area contributed by atoms with E-state index in [1.807, 2.05) is 36.2 Å². The van der Waals surface area contributed by atoms with Gasteiger partial charge in [0, 0.05) is 24.8 Å². The Morgan fingerprint density at radius 1 is 1.41 bits per heavy atom. The van der Waals surface area contributed by atoms with Gasteiger partial charge in [0.1, 0.15) is 12.4 Å². The van der Waals surface area contributed by atoms with Crippen LogP contribution in [0.25, 0.3) is 0 Å². The van der Waals surface area contributed by atoms with Crippen LogP contribution in [0.5, 0.6) is 5.75 Å². The van der Waals surface area contributed by atoms with E-state index in [4.69, 9.17) is 9.47 Å². The van der Waals surface area contributed by atoms with E-state index in [2.05, 4.69) is 4.98 Å². The maximum atomic E-state index is 12.4. The number of aryl methyl sites for hydroxylation is 1. The maximum Gasteiger partial charge on any atom is 0.254 e. The van der Waals surface area contributed by atoms with Crippen molar-refractivity contribution >= 4 is 17.2 Å². The van der Waals surface area contributed by atoms with Crippen LogP contribution in [-0.2, 0) is 11.3 Å². The van der Waals surface area contributed by atoms with Gasteiger partial charge in [0.2, 0.25) is 0 Å². The Morgan fingerprint density at radius 3 is 2.95 bits per heavy atom. The standard InChI is InChI=1S/C16H18N2O3S/c1-12-17-10-15(22-12)11-21-14-4-2-3-13(9-14)16(19)18-5-7-20-8-6-18/h2-4,9-10H,5-8,11H2,1H3. The summed E-state index contributed by atoms with van der Waals surface area (Å²) in [5.74, 6) is 0.729. The van der Waals surface area contributed by atoms with E-state index >= 15 is 0 Å². The van der Waals surface area contributed by atoms with Gasteiger partial charge < -0.3 is 14.4 Å². The molecule has 1 amide bonds. The minimum Gasteiger partial charge on any atom is -0.488 e. The highest BCUT2D eigenvalue weighted by molar-refractivity contribution is 7.11. The number of carbonyl (C=O) groups excluding carboxylic acids is 1. The first kappa shape index (κ1) is 15.0. The van der Waals surface area contributed by atoms with Gasteiger partial charge in [0.25, 0.3) is 5.91 Å². The first-order valence-corrected chi connectivity index (χ1v) is 8.05. The first-order valence-electron chi connectivity index (χ1n) is 7.23. The van der Waals surface area contributed by atoms with Crippen LogP contribution in [-0.4, -0.2) is 42.1 Å². The van der Waals surface area contributed by atoms with Crippen LogP contribution in [0.4, 0.5) is 0 Å². The van der Waals surface area contributed by atoms with Gasteiger partial charge >= 0.3 is 0 Å². The average molecular weight is 318 g/mol. The fraction of sp³-hybridized carbons (Fsp3) is 0.375. The number of benzene rings is 1. The van der Waals surface area contributed by atoms with E-state index in [1.165, 1.54) is 0 Å². The van der Waals surface area contributed by atoms with Crippen LogP contribution in [0.1, 0.15) is 20.2 Å². The van der Waals surface area contributed by atoms with Gasteiger partial charge in [-0.1, -0.05) is 6.07 Å². The quantitative estimate of drug-likeness (QED) is 0.869. The van der Waals surface area contributed by atoms with Crippen molar-refractivity contribution in [2.45, 2.75) is 13.5 Å². The third-order valence-corrected chi connectivity index (χ3v) is 4.32. The molecule has 0 N–H and O–H groups in total. The summed E-state index contributed by atoms with van der Waals surface area (Å²) in [6.07, 6.45) is 1.82. The largest absolute Gasteiger partial charge is 0.488 e. The highest BCUT2D eigenvalue weighted by Crippen LogP contribution is 2.19. The van der Waals surface area contributed by atoms with Gasteiger partial charge in [-0.05, 0) is 25.1 Å². The van der Waals surface area contributed by atoms with E-state index in [1.54, 1.807) is 17.4 Å². The highest BCUT2D eigenvalue weighted by atomic mass is 32.1. The Hall–Kier alpha value is -1.92. The lowest BCUT2D eigenvalue weighted by Crippen LogP contribution is -2.40. The van der Waals surface area contributed by atoms with Crippen LogP contribution in [0.2, 0.25) is 0 Å². The Bertz CT molecular complexity index is 650. The first-order chi connectivity index (χ1) is 10.7. The average Bonchev–Trinajstić information content (AvgIpc) is 2.99. The van der Waals surface area contributed by atoms with Gasteiger partial charge in [0.05, 0.1) is 23.1 Å². The molecule has 5 nitrogen and oxygen atoms in total. The van der Waals surface area contributed by atoms with Crippen LogP contribution in [0.15, 0.2) is 30.5 Å². The van der Waals surface area contributed by atoms with Crippen molar-refractivity contribution in [3.05, 3.63) is 45.9 Å². The normalized spacial score (nSPS) is 14.9. The molecule has 1 aromatic carbocycles. The van der Waals surface area contributed by atoms with Crippen molar-refractivity contribution in [1.82, 2.24) is 9.88 Å². The molecular weight excluding hydrogens is 300 g/mol. The van der Waals surface area contributed by atoms with Crippen LogP contribution >= 0.6 is 11.3 Å². The summed E-state index contributed by atoms with van der Waals surface area (Å²) in [6, 6.07) is 7.33. The Morgan fingerprint density at radius 2 is 2.23 bits per heavy atom. The second kappa shape index (κ2) is 6.89. The summed E-state index contributed by atoms with van der Waals surface area (Å²) >= 11 is 1.62. The molecule has 22 heavy (non-hydrogen) atoms. The predicted molar refractivity (Wildman–Crippen MR) is 84.3 cm³/mol. The number of thiazole rings is 1. The molecule has 3 rings (SSSR count). The lowest BCUT2D eigenvalue weighted by molar-refractivity contribution is 0.0302. The van der Waals surface area contributed by atoms with Crippen molar-refractivity contribution in [3.8, 4) is 5.75 Å². The van der Waals surface area contributed by atoms with Crippen molar-refractivity contribution < 1.29 is 14.3 Å². The molecule has 1 aliphatic rings. The van der Waals surface area contributed by atoms with Crippen LogP contribution < -0.4 is 4.74 Å². The maximum absolute atomic E-state index is 12.4. The molecule has 2 aromatic rings. The van der Waals surface area contributed by atoms with Gasteiger partial charge in [0.15, 0.2) is 0 Å². The number of hydrogen-bond acceptors (Lipinski definition) is 5. The second-order valence-electron chi connectivity index (χ2n) is 5.07. The van der Waals surface area contributed by atoms with Crippen molar-refractivity contribution in [3.63, 3.8) is 0 Å². The molecule has 116 valence electrons. The smallest absolute Gasteiger partial charge is 0.254 e. The van der Waals surface area contributed by atoms with Crippen molar-refractivity contribution in [1.29, 1.82) is 0 Å². The van der Waals surface area contributed by atoms with Gasteiger partial charge in [-0.25, -0.2) is 4.98 Å². The highest BCUT2D eigenvalue weighted by Gasteiger charge is 2.18.